The summed E-state index contributed by atoms with van der Waals surface area (Å²) in [4.78, 5) is 4.28. The third-order valence-electron chi connectivity index (χ3n) is 3.94. The standard InChI is InChI=1S/C15H24N2O/c1-3-12-6-4-5-7-14(12)18-15-8-11(2)17-10-13(15)9-16/h8,10,12,14H,3-7,9,16H2,1-2H3. The molecule has 0 spiro atoms. The Labute approximate surface area is 110 Å². The van der Waals surface area contributed by atoms with E-state index in [9.17, 15) is 0 Å². The molecule has 1 aromatic heterocycles. The van der Waals surface area contributed by atoms with E-state index < -0.39 is 0 Å². The molecule has 1 aliphatic carbocycles. The molecular formula is C15H24N2O. The summed E-state index contributed by atoms with van der Waals surface area (Å²) in [7, 11) is 0. The second kappa shape index (κ2) is 6.19. The van der Waals surface area contributed by atoms with Gasteiger partial charge in [0.2, 0.25) is 0 Å². The number of ether oxygens (including phenoxy) is 1. The van der Waals surface area contributed by atoms with E-state index in [1.165, 1.54) is 32.1 Å². The van der Waals surface area contributed by atoms with Gasteiger partial charge in [-0.05, 0) is 38.5 Å². The molecule has 3 nitrogen and oxygen atoms in total. The fraction of sp³-hybridized carbons (Fsp3) is 0.667. The molecule has 1 aliphatic rings. The zero-order valence-electron chi connectivity index (χ0n) is 11.5. The predicted octanol–water partition coefficient (Wildman–Crippen LogP) is 3.20. The lowest BCUT2D eigenvalue weighted by Crippen LogP contribution is -2.30. The van der Waals surface area contributed by atoms with Gasteiger partial charge in [0, 0.05) is 30.1 Å². The lowest BCUT2D eigenvalue weighted by molar-refractivity contribution is 0.0892. The Morgan fingerprint density at radius 1 is 1.39 bits per heavy atom. The van der Waals surface area contributed by atoms with Gasteiger partial charge in [-0.2, -0.15) is 0 Å². The minimum Gasteiger partial charge on any atom is -0.490 e. The predicted molar refractivity (Wildman–Crippen MR) is 73.5 cm³/mol. The minimum absolute atomic E-state index is 0.357. The summed E-state index contributed by atoms with van der Waals surface area (Å²) < 4.78 is 6.24. The smallest absolute Gasteiger partial charge is 0.127 e. The molecular weight excluding hydrogens is 224 g/mol. The van der Waals surface area contributed by atoms with Crippen molar-refractivity contribution in [3.63, 3.8) is 0 Å². The summed E-state index contributed by atoms with van der Waals surface area (Å²) in [6.07, 6.45) is 8.49. The number of pyridine rings is 1. The van der Waals surface area contributed by atoms with Crippen LogP contribution in [0.1, 0.15) is 50.3 Å². The Balaban J connectivity index is 2.14. The maximum atomic E-state index is 6.24. The quantitative estimate of drug-likeness (QED) is 0.890. The van der Waals surface area contributed by atoms with Gasteiger partial charge < -0.3 is 10.5 Å². The fourth-order valence-corrected chi connectivity index (χ4v) is 2.78. The molecule has 0 radical (unpaired) electrons. The van der Waals surface area contributed by atoms with Gasteiger partial charge >= 0.3 is 0 Å². The molecule has 3 heteroatoms. The Bertz CT molecular complexity index is 392. The number of aryl methyl sites for hydroxylation is 1. The molecule has 2 N–H and O–H groups in total. The van der Waals surface area contributed by atoms with Gasteiger partial charge in [0.05, 0.1) is 0 Å². The molecule has 1 saturated carbocycles. The number of aromatic nitrogens is 1. The number of nitrogens with zero attached hydrogens (tertiary/aromatic N) is 1. The van der Waals surface area contributed by atoms with Crippen LogP contribution in [0.2, 0.25) is 0 Å². The third kappa shape index (κ3) is 3.02. The van der Waals surface area contributed by atoms with Gasteiger partial charge in [0.15, 0.2) is 0 Å². The summed E-state index contributed by atoms with van der Waals surface area (Å²) in [6.45, 7) is 4.74. The van der Waals surface area contributed by atoms with Crippen LogP contribution in [0.4, 0.5) is 0 Å². The zero-order chi connectivity index (χ0) is 13.0. The van der Waals surface area contributed by atoms with Gasteiger partial charge in [-0.25, -0.2) is 0 Å². The first-order chi connectivity index (χ1) is 8.74. The summed E-state index contributed by atoms with van der Waals surface area (Å²) in [5.74, 6) is 1.63. The molecule has 0 bridgehead atoms. The van der Waals surface area contributed by atoms with Gasteiger partial charge in [-0.15, -0.1) is 0 Å². The first-order valence-corrected chi connectivity index (χ1v) is 7.06. The number of rotatable bonds is 4. The van der Waals surface area contributed by atoms with E-state index in [0.29, 0.717) is 18.6 Å². The Hall–Kier alpha value is -1.09. The molecule has 0 aliphatic heterocycles. The van der Waals surface area contributed by atoms with Crippen LogP contribution in [-0.4, -0.2) is 11.1 Å². The lowest BCUT2D eigenvalue weighted by atomic mass is 9.84. The van der Waals surface area contributed by atoms with E-state index in [4.69, 9.17) is 10.5 Å². The normalized spacial score (nSPS) is 23.9. The average Bonchev–Trinajstić information content (AvgIpc) is 2.40. The van der Waals surface area contributed by atoms with Gasteiger partial charge in [0.25, 0.3) is 0 Å². The van der Waals surface area contributed by atoms with E-state index in [-0.39, 0.29) is 0 Å². The highest BCUT2D eigenvalue weighted by molar-refractivity contribution is 5.33. The summed E-state index contributed by atoms with van der Waals surface area (Å²) in [6, 6.07) is 2.02. The van der Waals surface area contributed by atoms with Crippen molar-refractivity contribution in [2.75, 3.05) is 0 Å². The average molecular weight is 248 g/mol. The first kappa shape index (κ1) is 13.3. The van der Waals surface area contributed by atoms with E-state index in [2.05, 4.69) is 11.9 Å². The Morgan fingerprint density at radius 3 is 2.89 bits per heavy atom. The molecule has 1 heterocycles. The van der Waals surface area contributed by atoms with Crippen LogP contribution in [0.5, 0.6) is 5.75 Å². The largest absolute Gasteiger partial charge is 0.490 e. The molecule has 2 atom stereocenters. The van der Waals surface area contributed by atoms with Crippen molar-refractivity contribution >= 4 is 0 Å². The van der Waals surface area contributed by atoms with Crippen molar-refractivity contribution in [2.24, 2.45) is 11.7 Å². The van der Waals surface area contributed by atoms with E-state index >= 15 is 0 Å². The molecule has 2 unspecified atom stereocenters. The molecule has 0 aromatic carbocycles. The highest BCUT2D eigenvalue weighted by Gasteiger charge is 2.25. The summed E-state index contributed by atoms with van der Waals surface area (Å²) >= 11 is 0. The molecule has 0 amide bonds. The lowest BCUT2D eigenvalue weighted by Gasteiger charge is -2.31. The molecule has 2 rings (SSSR count). The second-order valence-electron chi connectivity index (χ2n) is 5.25. The van der Waals surface area contributed by atoms with Gasteiger partial charge in [-0.1, -0.05) is 13.3 Å². The van der Waals surface area contributed by atoms with Crippen LogP contribution < -0.4 is 10.5 Å². The number of hydrogen-bond donors (Lipinski definition) is 1. The highest BCUT2D eigenvalue weighted by atomic mass is 16.5. The monoisotopic (exact) mass is 248 g/mol. The Morgan fingerprint density at radius 2 is 2.17 bits per heavy atom. The number of nitrogens with two attached hydrogens (primary N) is 1. The molecule has 100 valence electrons. The van der Waals surface area contributed by atoms with Crippen LogP contribution in [0.3, 0.4) is 0 Å². The van der Waals surface area contributed by atoms with Crippen molar-refractivity contribution in [1.82, 2.24) is 4.98 Å². The summed E-state index contributed by atoms with van der Waals surface area (Å²) in [5.41, 5.74) is 7.76. The van der Waals surface area contributed by atoms with Crippen LogP contribution >= 0.6 is 0 Å². The van der Waals surface area contributed by atoms with E-state index in [0.717, 1.165) is 17.0 Å². The van der Waals surface area contributed by atoms with E-state index in [1.54, 1.807) is 0 Å². The fourth-order valence-electron chi connectivity index (χ4n) is 2.78. The maximum absolute atomic E-state index is 6.24. The topological polar surface area (TPSA) is 48.1 Å². The van der Waals surface area contributed by atoms with Crippen molar-refractivity contribution in [3.8, 4) is 5.75 Å². The SMILES string of the molecule is CCC1CCCCC1Oc1cc(C)ncc1CN. The van der Waals surface area contributed by atoms with Crippen molar-refractivity contribution in [2.45, 2.75) is 58.6 Å². The first-order valence-electron chi connectivity index (χ1n) is 7.06. The Kier molecular flexibility index (Phi) is 4.59. The van der Waals surface area contributed by atoms with Crippen molar-refractivity contribution in [3.05, 3.63) is 23.5 Å². The minimum atomic E-state index is 0.357. The van der Waals surface area contributed by atoms with Gasteiger partial charge in [0.1, 0.15) is 11.9 Å². The third-order valence-corrected chi connectivity index (χ3v) is 3.94. The molecule has 18 heavy (non-hydrogen) atoms. The molecule has 1 aromatic rings. The van der Waals surface area contributed by atoms with Gasteiger partial charge in [-0.3, -0.25) is 4.98 Å². The van der Waals surface area contributed by atoms with Crippen molar-refractivity contribution in [1.29, 1.82) is 0 Å². The molecule has 0 saturated heterocycles. The number of hydrogen-bond acceptors (Lipinski definition) is 3. The highest BCUT2D eigenvalue weighted by Crippen LogP contribution is 2.31. The van der Waals surface area contributed by atoms with Crippen LogP contribution in [0.15, 0.2) is 12.3 Å². The van der Waals surface area contributed by atoms with Crippen molar-refractivity contribution < 1.29 is 4.74 Å². The summed E-state index contributed by atoms with van der Waals surface area (Å²) in [5, 5.41) is 0. The van der Waals surface area contributed by atoms with E-state index in [1.807, 2.05) is 19.2 Å². The zero-order valence-corrected chi connectivity index (χ0v) is 11.5. The van der Waals surface area contributed by atoms with Crippen LogP contribution in [0, 0.1) is 12.8 Å². The van der Waals surface area contributed by atoms with Crippen LogP contribution in [-0.2, 0) is 6.54 Å². The molecule has 1 fully saturated rings. The maximum Gasteiger partial charge on any atom is 0.127 e. The second-order valence-corrected chi connectivity index (χ2v) is 5.25. The van der Waals surface area contributed by atoms with Crippen LogP contribution in [0.25, 0.3) is 0 Å².